The Kier molecular flexibility index (Phi) is 3.49. The molecule has 1 atom stereocenters. The molecule has 1 aliphatic rings. The van der Waals surface area contributed by atoms with Gasteiger partial charge in [0.15, 0.2) is 0 Å². The molecule has 1 aromatic rings. The van der Waals surface area contributed by atoms with Crippen LogP contribution in [0, 0.1) is 12.8 Å². The number of hydrogen-bond donors (Lipinski definition) is 1. The fraction of sp³-hybridized carbons (Fsp3) is 0.571. The van der Waals surface area contributed by atoms with Crippen molar-refractivity contribution in [3.05, 3.63) is 29.3 Å². The minimum Gasteiger partial charge on any atom is -0.493 e. The van der Waals surface area contributed by atoms with Crippen LogP contribution < -0.4 is 10.5 Å². The zero-order valence-corrected chi connectivity index (χ0v) is 10.2. The van der Waals surface area contributed by atoms with Crippen LogP contribution in [0.1, 0.15) is 43.4 Å². The molecule has 0 spiro atoms. The predicted molar refractivity (Wildman–Crippen MR) is 66.6 cm³/mol. The van der Waals surface area contributed by atoms with Crippen LogP contribution >= 0.6 is 0 Å². The van der Waals surface area contributed by atoms with Crippen molar-refractivity contribution < 1.29 is 4.74 Å². The lowest BCUT2D eigenvalue weighted by molar-refractivity contribution is 0.179. The Morgan fingerprint density at radius 2 is 2.19 bits per heavy atom. The number of nitrogens with two attached hydrogens (primary N) is 1. The molecule has 0 saturated heterocycles. The van der Waals surface area contributed by atoms with E-state index in [4.69, 9.17) is 10.5 Å². The normalized spacial score (nSPS) is 17.9. The topological polar surface area (TPSA) is 35.2 Å². The van der Waals surface area contributed by atoms with E-state index in [9.17, 15) is 0 Å². The van der Waals surface area contributed by atoms with E-state index in [0.717, 1.165) is 23.8 Å². The fourth-order valence-corrected chi connectivity index (χ4v) is 2.02. The summed E-state index contributed by atoms with van der Waals surface area (Å²) < 4.78 is 5.88. The van der Waals surface area contributed by atoms with Crippen LogP contribution in [-0.2, 0) is 0 Å². The average Bonchev–Trinajstić information content (AvgIpc) is 2.17. The maximum Gasteiger partial charge on any atom is 0.124 e. The molecule has 0 radical (unpaired) electrons. The third-order valence-electron chi connectivity index (χ3n) is 3.36. The van der Waals surface area contributed by atoms with Gasteiger partial charge in [0.25, 0.3) is 0 Å². The van der Waals surface area contributed by atoms with Gasteiger partial charge >= 0.3 is 0 Å². The molecule has 16 heavy (non-hydrogen) atoms. The smallest absolute Gasteiger partial charge is 0.124 e. The van der Waals surface area contributed by atoms with Crippen molar-refractivity contribution in [2.45, 2.75) is 39.2 Å². The molecule has 2 N–H and O–H groups in total. The van der Waals surface area contributed by atoms with E-state index >= 15 is 0 Å². The van der Waals surface area contributed by atoms with Gasteiger partial charge in [0.1, 0.15) is 5.75 Å². The van der Waals surface area contributed by atoms with Crippen LogP contribution in [0.4, 0.5) is 0 Å². The summed E-state index contributed by atoms with van der Waals surface area (Å²) in [6.07, 6.45) is 4.00. The first-order chi connectivity index (χ1) is 7.66. The summed E-state index contributed by atoms with van der Waals surface area (Å²) in [5, 5.41) is 0. The third-order valence-corrected chi connectivity index (χ3v) is 3.36. The number of aryl methyl sites for hydroxylation is 1. The van der Waals surface area contributed by atoms with Crippen molar-refractivity contribution in [1.82, 2.24) is 0 Å². The van der Waals surface area contributed by atoms with Gasteiger partial charge in [-0.2, -0.15) is 0 Å². The standard InChI is InChI=1S/C14H21NO/c1-10-6-7-14(13(8-10)11(2)15)16-9-12-4-3-5-12/h6-8,11-12H,3-5,9,15H2,1-2H3. The summed E-state index contributed by atoms with van der Waals surface area (Å²) in [5.74, 6) is 1.73. The fourth-order valence-electron chi connectivity index (χ4n) is 2.02. The molecule has 0 heterocycles. The molecule has 1 fully saturated rings. The van der Waals surface area contributed by atoms with E-state index in [2.05, 4.69) is 19.1 Å². The van der Waals surface area contributed by atoms with Crippen molar-refractivity contribution in [2.24, 2.45) is 11.7 Å². The van der Waals surface area contributed by atoms with Crippen LogP contribution in [0.2, 0.25) is 0 Å². The zero-order valence-electron chi connectivity index (χ0n) is 10.2. The Balaban J connectivity index is 2.05. The van der Waals surface area contributed by atoms with E-state index in [1.165, 1.54) is 24.8 Å². The Morgan fingerprint density at radius 3 is 2.75 bits per heavy atom. The molecule has 1 unspecified atom stereocenters. The molecule has 2 rings (SSSR count). The maximum atomic E-state index is 5.96. The summed E-state index contributed by atoms with van der Waals surface area (Å²) in [6.45, 7) is 4.94. The first-order valence-corrected chi connectivity index (χ1v) is 6.15. The highest BCUT2D eigenvalue weighted by Gasteiger charge is 2.18. The average molecular weight is 219 g/mol. The largest absolute Gasteiger partial charge is 0.493 e. The number of hydrogen-bond acceptors (Lipinski definition) is 2. The second kappa shape index (κ2) is 4.88. The van der Waals surface area contributed by atoms with Gasteiger partial charge in [0.2, 0.25) is 0 Å². The summed E-state index contributed by atoms with van der Waals surface area (Å²) in [6, 6.07) is 6.30. The van der Waals surface area contributed by atoms with E-state index in [1.54, 1.807) is 0 Å². The van der Waals surface area contributed by atoms with Gasteiger partial charge in [-0.1, -0.05) is 24.1 Å². The first kappa shape index (κ1) is 11.5. The van der Waals surface area contributed by atoms with Gasteiger partial charge in [0, 0.05) is 11.6 Å². The zero-order chi connectivity index (χ0) is 11.5. The molecular weight excluding hydrogens is 198 g/mol. The molecule has 0 aromatic heterocycles. The number of ether oxygens (including phenoxy) is 1. The molecule has 0 amide bonds. The molecule has 88 valence electrons. The van der Waals surface area contributed by atoms with Gasteiger partial charge in [-0.15, -0.1) is 0 Å². The van der Waals surface area contributed by atoms with Gasteiger partial charge in [-0.25, -0.2) is 0 Å². The maximum absolute atomic E-state index is 5.96. The summed E-state index contributed by atoms with van der Waals surface area (Å²) in [4.78, 5) is 0. The lowest BCUT2D eigenvalue weighted by Crippen LogP contribution is -2.20. The summed E-state index contributed by atoms with van der Waals surface area (Å²) >= 11 is 0. The van der Waals surface area contributed by atoms with Gasteiger partial charge in [-0.3, -0.25) is 0 Å². The third kappa shape index (κ3) is 2.56. The highest BCUT2D eigenvalue weighted by atomic mass is 16.5. The Hall–Kier alpha value is -1.02. The minimum absolute atomic E-state index is 0.0382. The highest BCUT2D eigenvalue weighted by molar-refractivity contribution is 5.38. The molecular formula is C14H21NO. The summed E-state index contributed by atoms with van der Waals surface area (Å²) in [7, 11) is 0. The number of benzene rings is 1. The molecule has 0 bridgehead atoms. The second-order valence-corrected chi connectivity index (χ2v) is 4.94. The van der Waals surface area contributed by atoms with E-state index in [-0.39, 0.29) is 6.04 Å². The Bertz CT molecular complexity index is 356. The molecule has 2 nitrogen and oxygen atoms in total. The second-order valence-electron chi connectivity index (χ2n) is 4.94. The lowest BCUT2D eigenvalue weighted by atomic mass is 9.86. The highest BCUT2D eigenvalue weighted by Crippen LogP contribution is 2.29. The Morgan fingerprint density at radius 1 is 1.44 bits per heavy atom. The van der Waals surface area contributed by atoms with Crippen molar-refractivity contribution >= 4 is 0 Å². The molecule has 1 saturated carbocycles. The predicted octanol–water partition coefficient (Wildman–Crippen LogP) is 3.19. The van der Waals surface area contributed by atoms with Crippen molar-refractivity contribution in [2.75, 3.05) is 6.61 Å². The van der Waals surface area contributed by atoms with E-state index < -0.39 is 0 Å². The van der Waals surface area contributed by atoms with Crippen molar-refractivity contribution in [1.29, 1.82) is 0 Å². The molecule has 1 aromatic carbocycles. The number of rotatable bonds is 4. The van der Waals surface area contributed by atoms with E-state index in [1.807, 2.05) is 13.0 Å². The summed E-state index contributed by atoms with van der Waals surface area (Å²) in [5.41, 5.74) is 8.32. The van der Waals surface area contributed by atoms with Crippen LogP contribution in [-0.4, -0.2) is 6.61 Å². The van der Waals surface area contributed by atoms with Gasteiger partial charge < -0.3 is 10.5 Å². The van der Waals surface area contributed by atoms with Crippen LogP contribution in [0.5, 0.6) is 5.75 Å². The van der Waals surface area contributed by atoms with Crippen molar-refractivity contribution in [3.8, 4) is 5.75 Å². The Labute approximate surface area is 97.8 Å². The van der Waals surface area contributed by atoms with Crippen molar-refractivity contribution in [3.63, 3.8) is 0 Å². The molecule has 0 aliphatic heterocycles. The van der Waals surface area contributed by atoms with Crippen LogP contribution in [0.25, 0.3) is 0 Å². The van der Waals surface area contributed by atoms with Crippen LogP contribution in [0.15, 0.2) is 18.2 Å². The first-order valence-electron chi connectivity index (χ1n) is 6.15. The minimum atomic E-state index is 0.0382. The van der Waals surface area contributed by atoms with Crippen LogP contribution in [0.3, 0.4) is 0 Å². The van der Waals surface area contributed by atoms with E-state index in [0.29, 0.717) is 0 Å². The van der Waals surface area contributed by atoms with Gasteiger partial charge in [-0.05, 0) is 38.7 Å². The van der Waals surface area contributed by atoms with Gasteiger partial charge in [0.05, 0.1) is 6.61 Å². The monoisotopic (exact) mass is 219 g/mol. The quantitative estimate of drug-likeness (QED) is 0.844. The molecule has 1 aliphatic carbocycles. The lowest BCUT2D eigenvalue weighted by Gasteiger charge is -2.26. The molecule has 2 heteroatoms. The SMILES string of the molecule is Cc1ccc(OCC2CCC2)c(C(C)N)c1.